The molecule has 0 spiro atoms. The molecule has 0 saturated carbocycles. The van der Waals surface area contributed by atoms with E-state index in [0.29, 0.717) is 42.0 Å². The lowest BCUT2D eigenvalue weighted by molar-refractivity contribution is -0.139. The van der Waals surface area contributed by atoms with E-state index < -0.39 is 12.0 Å². The highest BCUT2D eigenvalue weighted by molar-refractivity contribution is 7.07. The average Bonchev–Trinajstić information content (AvgIpc) is 3.23. The van der Waals surface area contributed by atoms with Crippen molar-refractivity contribution in [2.75, 3.05) is 6.61 Å². The number of allylic oxidation sites excluding steroid dienone is 1. The smallest absolute Gasteiger partial charge is 0.338 e. The predicted octanol–water partition coefficient (Wildman–Crippen LogP) is 5.82. The molecule has 10 heteroatoms. The van der Waals surface area contributed by atoms with Crippen LogP contribution in [0.4, 0.5) is 4.39 Å². The van der Waals surface area contributed by atoms with Crippen molar-refractivity contribution in [2.45, 2.75) is 26.5 Å². The molecule has 6 nitrogen and oxygen atoms in total. The van der Waals surface area contributed by atoms with E-state index in [4.69, 9.17) is 32.7 Å². The van der Waals surface area contributed by atoms with Crippen LogP contribution in [0.3, 0.4) is 0 Å². The van der Waals surface area contributed by atoms with Crippen LogP contribution in [0.5, 0.6) is 5.75 Å². The summed E-state index contributed by atoms with van der Waals surface area (Å²) in [6.07, 6.45) is 1.68. The van der Waals surface area contributed by atoms with Gasteiger partial charge in [-0.1, -0.05) is 64.9 Å². The van der Waals surface area contributed by atoms with Gasteiger partial charge in [0.2, 0.25) is 0 Å². The highest BCUT2D eigenvalue weighted by atomic mass is 35.5. The minimum Gasteiger partial charge on any atom is -0.488 e. The number of nitrogens with zero attached hydrogens (tertiary/aromatic N) is 2. The minimum atomic E-state index is -0.820. The quantitative estimate of drug-likeness (QED) is 0.252. The van der Waals surface area contributed by atoms with E-state index in [2.05, 4.69) is 4.99 Å². The summed E-state index contributed by atoms with van der Waals surface area (Å²) in [5.74, 6) is -0.400. The number of hydrogen-bond donors (Lipinski definition) is 0. The van der Waals surface area contributed by atoms with Crippen LogP contribution in [0.1, 0.15) is 36.6 Å². The Labute approximate surface area is 243 Å². The maximum absolute atomic E-state index is 13.9. The third-order valence-corrected chi connectivity index (χ3v) is 7.85. The number of carbonyl (C=O) groups excluding carboxylic acids is 1. The Hall–Kier alpha value is -3.72. The van der Waals surface area contributed by atoms with Gasteiger partial charge in [0.1, 0.15) is 24.2 Å². The molecule has 40 heavy (non-hydrogen) atoms. The highest BCUT2D eigenvalue weighted by Crippen LogP contribution is 2.34. The fourth-order valence-electron chi connectivity index (χ4n) is 4.43. The van der Waals surface area contributed by atoms with Crippen molar-refractivity contribution in [2.24, 2.45) is 4.99 Å². The first kappa shape index (κ1) is 27.8. The van der Waals surface area contributed by atoms with E-state index >= 15 is 0 Å². The Bertz CT molecular complexity index is 1810. The number of benzene rings is 3. The lowest BCUT2D eigenvalue weighted by Crippen LogP contribution is -2.40. The average molecular weight is 597 g/mol. The first-order chi connectivity index (χ1) is 19.3. The summed E-state index contributed by atoms with van der Waals surface area (Å²) in [5.41, 5.74) is 2.29. The van der Waals surface area contributed by atoms with E-state index in [1.54, 1.807) is 74.5 Å². The number of ether oxygens (including phenoxy) is 2. The summed E-state index contributed by atoms with van der Waals surface area (Å²) in [6.45, 7) is 3.79. The normalized spacial score (nSPS) is 15.0. The summed E-state index contributed by atoms with van der Waals surface area (Å²) in [5, 5.41) is 0.868. The Morgan fingerprint density at radius 1 is 1.12 bits per heavy atom. The summed E-state index contributed by atoms with van der Waals surface area (Å²) in [6, 6.07) is 17.4. The van der Waals surface area contributed by atoms with E-state index in [-0.39, 0.29) is 30.2 Å². The Kier molecular flexibility index (Phi) is 8.21. The topological polar surface area (TPSA) is 69.9 Å². The molecule has 0 unspecified atom stereocenters. The lowest BCUT2D eigenvalue weighted by atomic mass is 9.96. The van der Waals surface area contributed by atoms with Crippen molar-refractivity contribution < 1.29 is 18.7 Å². The fraction of sp³-hybridized carbons (Fsp3) is 0.167. The molecule has 1 aromatic heterocycles. The molecule has 5 rings (SSSR count). The Morgan fingerprint density at radius 3 is 2.60 bits per heavy atom. The highest BCUT2D eigenvalue weighted by Gasteiger charge is 2.34. The standard InChI is InChI=1S/C30H23Cl2FN2O4S/c1-3-38-29(37)26-17(2)34-30-35(27(26)22-6-4-5-7-23(22)32)28(36)25(40-30)15-19-14-20(31)10-13-24(19)39-16-18-8-11-21(33)12-9-18/h4-15,27H,3,16H2,1-2H3/b25-15-/t27-/m1/s1. The van der Waals surface area contributed by atoms with Gasteiger partial charge in [0, 0.05) is 15.6 Å². The number of esters is 1. The second kappa shape index (κ2) is 11.8. The number of fused-ring (bicyclic) bond motifs is 1. The van der Waals surface area contributed by atoms with Gasteiger partial charge >= 0.3 is 5.97 Å². The van der Waals surface area contributed by atoms with Crippen LogP contribution >= 0.6 is 34.5 Å². The second-order valence-electron chi connectivity index (χ2n) is 8.92. The van der Waals surface area contributed by atoms with Gasteiger partial charge < -0.3 is 9.47 Å². The molecule has 0 N–H and O–H groups in total. The third-order valence-electron chi connectivity index (χ3n) is 6.28. The minimum absolute atomic E-state index is 0.171. The SMILES string of the molecule is CCOC(=O)C1=C(C)N=c2s/c(=C\c3cc(Cl)ccc3OCc3ccc(F)cc3)c(=O)n2[C@@H]1c1ccccc1Cl. The Balaban J connectivity index is 1.63. The predicted molar refractivity (Wildman–Crippen MR) is 154 cm³/mol. The van der Waals surface area contributed by atoms with Crippen LogP contribution in [-0.2, 0) is 16.1 Å². The largest absolute Gasteiger partial charge is 0.488 e. The van der Waals surface area contributed by atoms with Crippen LogP contribution in [0.15, 0.2) is 87.8 Å². The molecule has 204 valence electrons. The number of halogens is 3. The molecule has 4 aromatic rings. The van der Waals surface area contributed by atoms with Crippen molar-refractivity contribution in [3.8, 4) is 5.75 Å². The first-order valence-corrected chi connectivity index (χ1v) is 13.9. The third kappa shape index (κ3) is 5.61. The van der Waals surface area contributed by atoms with Crippen LogP contribution < -0.4 is 19.6 Å². The molecule has 2 heterocycles. The summed E-state index contributed by atoms with van der Waals surface area (Å²) >= 11 is 14.0. The molecule has 0 fully saturated rings. The van der Waals surface area contributed by atoms with Gasteiger partial charge in [-0.05, 0) is 67.4 Å². The van der Waals surface area contributed by atoms with Crippen molar-refractivity contribution in [3.63, 3.8) is 0 Å². The summed E-state index contributed by atoms with van der Waals surface area (Å²) in [7, 11) is 0. The molecule has 0 saturated heterocycles. The molecular weight excluding hydrogens is 574 g/mol. The molecule has 0 amide bonds. The van der Waals surface area contributed by atoms with Crippen LogP contribution in [-0.4, -0.2) is 17.1 Å². The van der Waals surface area contributed by atoms with E-state index in [9.17, 15) is 14.0 Å². The van der Waals surface area contributed by atoms with Gasteiger partial charge in [-0.2, -0.15) is 0 Å². The van der Waals surface area contributed by atoms with Gasteiger partial charge in [-0.15, -0.1) is 0 Å². The number of aromatic nitrogens is 1. The molecule has 0 bridgehead atoms. The van der Waals surface area contributed by atoms with Gasteiger partial charge in [0.05, 0.1) is 22.4 Å². The van der Waals surface area contributed by atoms with Crippen molar-refractivity contribution in [3.05, 3.63) is 130 Å². The van der Waals surface area contributed by atoms with Crippen LogP contribution in [0.25, 0.3) is 6.08 Å². The zero-order valence-corrected chi connectivity index (χ0v) is 23.8. The van der Waals surface area contributed by atoms with Gasteiger partial charge in [-0.25, -0.2) is 14.2 Å². The molecule has 0 radical (unpaired) electrons. The number of rotatable bonds is 7. The maximum atomic E-state index is 13.9. The fourth-order valence-corrected chi connectivity index (χ4v) is 5.89. The summed E-state index contributed by atoms with van der Waals surface area (Å²) in [4.78, 5) is 32.0. The van der Waals surface area contributed by atoms with Crippen molar-refractivity contribution in [1.82, 2.24) is 4.57 Å². The van der Waals surface area contributed by atoms with E-state index in [1.165, 1.54) is 28.0 Å². The maximum Gasteiger partial charge on any atom is 0.338 e. The van der Waals surface area contributed by atoms with Crippen molar-refractivity contribution in [1.29, 1.82) is 0 Å². The first-order valence-electron chi connectivity index (χ1n) is 12.4. The van der Waals surface area contributed by atoms with E-state index in [1.807, 2.05) is 0 Å². The molecule has 0 aliphatic carbocycles. The molecule has 1 atom stereocenters. The van der Waals surface area contributed by atoms with Crippen molar-refractivity contribution >= 4 is 46.6 Å². The Morgan fingerprint density at radius 2 is 1.88 bits per heavy atom. The number of hydrogen-bond acceptors (Lipinski definition) is 6. The monoisotopic (exact) mass is 596 g/mol. The summed E-state index contributed by atoms with van der Waals surface area (Å²) < 4.78 is 26.5. The second-order valence-corrected chi connectivity index (χ2v) is 10.8. The lowest BCUT2D eigenvalue weighted by Gasteiger charge is -2.25. The van der Waals surface area contributed by atoms with Gasteiger partial charge in [-0.3, -0.25) is 9.36 Å². The zero-order chi connectivity index (χ0) is 28.4. The van der Waals surface area contributed by atoms with Crippen LogP contribution in [0, 0.1) is 5.82 Å². The number of thiazole rings is 1. The molecule has 1 aliphatic rings. The molecular formula is C30H23Cl2FN2O4S. The molecule has 1 aliphatic heterocycles. The van der Waals surface area contributed by atoms with E-state index in [0.717, 1.165) is 5.56 Å². The van der Waals surface area contributed by atoms with Gasteiger partial charge in [0.15, 0.2) is 4.80 Å². The van der Waals surface area contributed by atoms with Crippen LogP contribution in [0.2, 0.25) is 10.0 Å². The molecule has 3 aromatic carbocycles. The number of carbonyl (C=O) groups is 1. The van der Waals surface area contributed by atoms with Gasteiger partial charge in [0.25, 0.3) is 5.56 Å². The zero-order valence-electron chi connectivity index (χ0n) is 21.5.